The van der Waals surface area contributed by atoms with E-state index in [4.69, 9.17) is 16.1 Å². The predicted molar refractivity (Wildman–Crippen MR) is 115 cm³/mol. The molecule has 162 valence electrons. The van der Waals surface area contributed by atoms with Crippen LogP contribution in [-0.2, 0) is 26.1 Å². The number of fused-ring (bicyclic) bond motifs is 2. The van der Waals surface area contributed by atoms with Crippen molar-refractivity contribution in [3.05, 3.63) is 68.2 Å². The molecule has 0 radical (unpaired) electrons. The van der Waals surface area contributed by atoms with E-state index in [2.05, 4.69) is 26.1 Å². The normalized spacial score (nSPS) is 27.2. The number of imidazole rings is 1. The average Bonchev–Trinajstić information content (AvgIpc) is 3.26. The van der Waals surface area contributed by atoms with E-state index in [0.29, 0.717) is 34.9 Å². The van der Waals surface area contributed by atoms with E-state index in [1.807, 2.05) is 18.2 Å². The van der Waals surface area contributed by atoms with Crippen molar-refractivity contribution in [1.29, 1.82) is 0 Å². The van der Waals surface area contributed by atoms with Crippen molar-refractivity contribution >= 4 is 28.5 Å². The fourth-order valence-electron chi connectivity index (χ4n) is 5.82. The molecule has 3 aromatic heterocycles. The minimum absolute atomic E-state index is 0.0267. The van der Waals surface area contributed by atoms with Crippen LogP contribution in [0, 0.1) is 11.8 Å². The topological polar surface area (TPSA) is 104 Å². The highest BCUT2D eigenvalue weighted by molar-refractivity contribution is 6.30. The van der Waals surface area contributed by atoms with Gasteiger partial charge in [0.2, 0.25) is 5.89 Å². The molecule has 0 amide bonds. The van der Waals surface area contributed by atoms with Gasteiger partial charge < -0.3 is 14.0 Å². The van der Waals surface area contributed by atoms with Crippen LogP contribution >= 0.6 is 11.6 Å². The Morgan fingerprint density at radius 3 is 2.88 bits per heavy atom. The lowest BCUT2D eigenvalue weighted by Crippen LogP contribution is -2.37. The molecule has 8 rings (SSSR count). The number of piperidine rings is 1. The summed E-state index contributed by atoms with van der Waals surface area (Å²) in [5.74, 6) is 2.24. The zero-order valence-electron chi connectivity index (χ0n) is 17.3. The van der Waals surface area contributed by atoms with E-state index in [-0.39, 0.29) is 12.0 Å². The van der Waals surface area contributed by atoms with Gasteiger partial charge in [0, 0.05) is 43.3 Å². The molecular formula is C21H18ClN7O3. The van der Waals surface area contributed by atoms with Crippen molar-refractivity contribution in [3.63, 3.8) is 0 Å². The predicted octanol–water partition coefficient (Wildman–Crippen LogP) is 0.905. The number of benzene rings is 1. The second-order valence-corrected chi connectivity index (χ2v) is 9.34. The van der Waals surface area contributed by atoms with Gasteiger partial charge in [0.15, 0.2) is 17.0 Å². The maximum atomic E-state index is 12.7. The van der Waals surface area contributed by atoms with Crippen LogP contribution < -0.4 is 16.1 Å². The third-order valence-electron chi connectivity index (χ3n) is 7.46. The molecule has 0 N–H and O–H groups in total. The monoisotopic (exact) mass is 451 g/mol. The Labute approximate surface area is 185 Å². The highest BCUT2D eigenvalue weighted by Crippen LogP contribution is 2.85. The first-order chi connectivity index (χ1) is 15.4. The van der Waals surface area contributed by atoms with Crippen LogP contribution in [0.5, 0.6) is 0 Å². The average molecular weight is 452 g/mol. The molecule has 4 aromatic rings. The number of anilines is 1. The van der Waals surface area contributed by atoms with Crippen LogP contribution in [0.2, 0.25) is 5.02 Å². The molecule has 2 saturated heterocycles. The highest BCUT2D eigenvalue weighted by atomic mass is 35.5. The van der Waals surface area contributed by atoms with Crippen molar-refractivity contribution < 1.29 is 4.52 Å². The minimum atomic E-state index is -0.417. The SMILES string of the molecule is Cn1c(=O)c2c(ncn2Cc2nc([C@@]34C5[C@H]3[C@H]4CN5c3cccc(Cl)c3)no2)n(C)c1=O. The second-order valence-electron chi connectivity index (χ2n) is 8.90. The number of nitrogens with zero attached hydrogens (tertiary/aromatic N) is 7. The summed E-state index contributed by atoms with van der Waals surface area (Å²) in [5.41, 5.74) is 0.941. The number of rotatable bonds is 4. The summed E-state index contributed by atoms with van der Waals surface area (Å²) >= 11 is 6.18. The molecule has 5 heterocycles. The van der Waals surface area contributed by atoms with E-state index in [0.717, 1.165) is 27.6 Å². The van der Waals surface area contributed by atoms with Gasteiger partial charge >= 0.3 is 5.69 Å². The number of aryl methyl sites for hydroxylation is 1. The Kier molecular flexibility index (Phi) is 3.23. The number of aromatic nitrogens is 6. The highest BCUT2D eigenvalue weighted by Gasteiger charge is 2.95. The summed E-state index contributed by atoms with van der Waals surface area (Å²) in [6.07, 6.45) is 1.52. The van der Waals surface area contributed by atoms with Gasteiger partial charge in [-0.25, -0.2) is 9.78 Å². The summed E-state index contributed by atoms with van der Waals surface area (Å²) in [5, 5.41) is 5.03. The van der Waals surface area contributed by atoms with Gasteiger partial charge in [0.25, 0.3) is 5.56 Å². The van der Waals surface area contributed by atoms with Gasteiger partial charge in [-0.2, -0.15) is 4.98 Å². The molecular weight excluding hydrogens is 434 g/mol. The van der Waals surface area contributed by atoms with E-state index < -0.39 is 11.2 Å². The molecule has 2 bridgehead atoms. The zero-order chi connectivity index (χ0) is 21.9. The van der Waals surface area contributed by atoms with E-state index in [9.17, 15) is 9.59 Å². The molecule has 1 aromatic carbocycles. The quantitative estimate of drug-likeness (QED) is 0.454. The third kappa shape index (κ3) is 2.03. The van der Waals surface area contributed by atoms with Crippen molar-refractivity contribution in [2.24, 2.45) is 25.9 Å². The first kappa shape index (κ1) is 18.2. The molecule has 2 aliphatic carbocycles. The lowest BCUT2D eigenvalue weighted by atomic mass is 10.1. The number of hydrogen-bond donors (Lipinski definition) is 0. The van der Waals surface area contributed by atoms with Crippen LogP contribution in [-0.4, -0.2) is 41.4 Å². The van der Waals surface area contributed by atoms with E-state index in [1.165, 1.54) is 17.9 Å². The maximum absolute atomic E-state index is 12.7. The zero-order valence-corrected chi connectivity index (χ0v) is 18.0. The molecule has 2 saturated carbocycles. The fourth-order valence-corrected chi connectivity index (χ4v) is 6.00. The molecule has 0 spiro atoms. The van der Waals surface area contributed by atoms with Crippen molar-refractivity contribution in [2.75, 3.05) is 11.4 Å². The van der Waals surface area contributed by atoms with Gasteiger partial charge in [0.1, 0.15) is 6.54 Å². The van der Waals surface area contributed by atoms with Gasteiger partial charge in [-0.15, -0.1) is 0 Å². The summed E-state index contributed by atoms with van der Waals surface area (Å²) in [6.45, 7) is 1.18. The van der Waals surface area contributed by atoms with Crippen LogP contribution in [0.25, 0.3) is 11.2 Å². The standard InChI is InChI=1S/C21H18ClN7O3/c1-26-17-15(18(30)27(2)20(26)31)28(9-23-17)8-13-24-19(25-32-13)21-12-7-29(16(21)14(12)21)11-5-3-4-10(22)6-11/h3-6,9,12,14,16H,7-8H2,1-2H3/t12-,14-,16?,21-/m1/s1. The smallest absolute Gasteiger partial charge is 0.332 e. The van der Waals surface area contributed by atoms with Crippen LogP contribution in [0.3, 0.4) is 0 Å². The molecule has 1 unspecified atom stereocenters. The fraction of sp³-hybridized carbons (Fsp3) is 0.381. The molecule has 2 aliphatic heterocycles. The van der Waals surface area contributed by atoms with Gasteiger partial charge in [-0.1, -0.05) is 22.8 Å². The second kappa shape index (κ2) is 5.69. The van der Waals surface area contributed by atoms with Gasteiger partial charge in [0.05, 0.1) is 11.7 Å². The Morgan fingerprint density at radius 2 is 2.09 bits per heavy atom. The Hall–Kier alpha value is -3.40. The van der Waals surface area contributed by atoms with Crippen LogP contribution in [0.4, 0.5) is 5.69 Å². The van der Waals surface area contributed by atoms with Crippen LogP contribution in [0.15, 0.2) is 44.7 Å². The summed E-state index contributed by atoms with van der Waals surface area (Å²) in [6, 6.07) is 8.31. The summed E-state index contributed by atoms with van der Waals surface area (Å²) in [7, 11) is 3.04. The minimum Gasteiger partial charge on any atom is -0.367 e. The molecule has 11 heteroatoms. The van der Waals surface area contributed by atoms with Gasteiger partial charge in [-0.05, 0) is 24.1 Å². The maximum Gasteiger partial charge on any atom is 0.332 e. The van der Waals surface area contributed by atoms with E-state index >= 15 is 0 Å². The largest absolute Gasteiger partial charge is 0.367 e. The molecule has 4 fully saturated rings. The molecule has 4 atom stereocenters. The lowest BCUT2D eigenvalue weighted by Gasteiger charge is -2.18. The summed E-state index contributed by atoms with van der Waals surface area (Å²) in [4.78, 5) is 36.1. The first-order valence-corrected chi connectivity index (χ1v) is 10.8. The molecule has 4 aliphatic rings. The Balaban J connectivity index is 1.19. The number of halogens is 1. The van der Waals surface area contributed by atoms with Crippen LogP contribution in [0.1, 0.15) is 11.7 Å². The van der Waals surface area contributed by atoms with Crippen molar-refractivity contribution in [1.82, 2.24) is 28.8 Å². The first-order valence-electron chi connectivity index (χ1n) is 10.4. The Bertz CT molecular complexity index is 1560. The third-order valence-corrected chi connectivity index (χ3v) is 7.69. The van der Waals surface area contributed by atoms with Crippen molar-refractivity contribution in [2.45, 2.75) is 18.0 Å². The molecule has 32 heavy (non-hydrogen) atoms. The number of hydrogen-bond acceptors (Lipinski definition) is 7. The molecule has 10 nitrogen and oxygen atoms in total. The lowest BCUT2D eigenvalue weighted by molar-refractivity contribution is 0.364. The summed E-state index contributed by atoms with van der Waals surface area (Å²) < 4.78 is 9.63. The Morgan fingerprint density at radius 1 is 1.25 bits per heavy atom. The van der Waals surface area contributed by atoms with E-state index in [1.54, 1.807) is 11.6 Å². The van der Waals surface area contributed by atoms with Crippen molar-refractivity contribution in [3.8, 4) is 0 Å². The van der Waals surface area contributed by atoms with Gasteiger partial charge in [-0.3, -0.25) is 13.9 Å².